The Morgan fingerprint density at radius 1 is 1.10 bits per heavy atom. The molecule has 0 nitrogen and oxygen atoms in total. The molecule has 0 saturated carbocycles. The molecular formula is C9H19Br. The number of hydrogen-bond acceptors (Lipinski definition) is 0. The molecule has 0 aromatic rings. The molecule has 0 saturated heterocycles. The third kappa shape index (κ3) is 4.32. The molecule has 0 heterocycles. The molecule has 0 spiro atoms. The molecule has 10 heavy (non-hydrogen) atoms. The zero-order valence-corrected chi connectivity index (χ0v) is 9.11. The van der Waals surface area contributed by atoms with Crippen molar-refractivity contribution in [3.63, 3.8) is 0 Å². The van der Waals surface area contributed by atoms with Crippen LogP contribution in [0.2, 0.25) is 0 Å². The van der Waals surface area contributed by atoms with Gasteiger partial charge in [0.05, 0.1) is 0 Å². The standard InChI is InChI=1S/C9H19Br/c1-7(2)9(4)5-8(3)6-10/h7-9H,5-6H2,1-4H3. The van der Waals surface area contributed by atoms with E-state index in [-0.39, 0.29) is 0 Å². The topological polar surface area (TPSA) is 0 Å². The third-order valence-corrected chi connectivity index (χ3v) is 3.28. The minimum absolute atomic E-state index is 0.831. The molecule has 0 amide bonds. The normalized spacial score (nSPS) is 17.4. The Morgan fingerprint density at radius 2 is 1.60 bits per heavy atom. The molecule has 0 aromatic carbocycles. The SMILES string of the molecule is CC(CBr)CC(C)C(C)C. The molecule has 0 aliphatic heterocycles. The van der Waals surface area contributed by atoms with Gasteiger partial charge in [0.15, 0.2) is 0 Å². The van der Waals surface area contributed by atoms with Gasteiger partial charge < -0.3 is 0 Å². The first-order valence-corrected chi connectivity index (χ1v) is 5.26. The summed E-state index contributed by atoms with van der Waals surface area (Å²) in [7, 11) is 0. The highest BCUT2D eigenvalue weighted by Gasteiger charge is 2.10. The Labute approximate surface area is 73.5 Å². The first kappa shape index (κ1) is 10.5. The summed E-state index contributed by atoms with van der Waals surface area (Å²) in [5, 5.41) is 1.14. The highest BCUT2D eigenvalue weighted by molar-refractivity contribution is 9.09. The molecule has 0 radical (unpaired) electrons. The van der Waals surface area contributed by atoms with Gasteiger partial charge in [-0.25, -0.2) is 0 Å². The van der Waals surface area contributed by atoms with Gasteiger partial charge in [-0.3, -0.25) is 0 Å². The first-order chi connectivity index (χ1) is 4.57. The maximum absolute atomic E-state index is 3.49. The van der Waals surface area contributed by atoms with Crippen molar-refractivity contribution in [1.29, 1.82) is 0 Å². The maximum Gasteiger partial charge on any atom is 0.00571 e. The molecule has 0 rings (SSSR count). The van der Waals surface area contributed by atoms with E-state index in [0.29, 0.717) is 0 Å². The van der Waals surface area contributed by atoms with E-state index in [1.165, 1.54) is 6.42 Å². The van der Waals surface area contributed by atoms with Gasteiger partial charge in [0.1, 0.15) is 0 Å². The lowest BCUT2D eigenvalue weighted by molar-refractivity contribution is 0.347. The smallest absolute Gasteiger partial charge is 0.00571 e. The third-order valence-electron chi connectivity index (χ3n) is 2.18. The lowest BCUT2D eigenvalue weighted by Crippen LogP contribution is -2.09. The van der Waals surface area contributed by atoms with Crippen molar-refractivity contribution >= 4 is 15.9 Å². The lowest BCUT2D eigenvalue weighted by Gasteiger charge is -2.18. The summed E-state index contributed by atoms with van der Waals surface area (Å²) in [4.78, 5) is 0. The van der Waals surface area contributed by atoms with Gasteiger partial charge in [-0.05, 0) is 24.2 Å². The van der Waals surface area contributed by atoms with E-state index in [9.17, 15) is 0 Å². The summed E-state index contributed by atoms with van der Waals surface area (Å²) in [6.45, 7) is 9.23. The Morgan fingerprint density at radius 3 is 1.90 bits per heavy atom. The molecule has 2 unspecified atom stereocenters. The number of alkyl halides is 1. The van der Waals surface area contributed by atoms with Crippen LogP contribution in [0.15, 0.2) is 0 Å². The van der Waals surface area contributed by atoms with Crippen molar-refractivity contribution in [3.8, 4) is 0 Å². The molecule has 62 valence electrons. The molecule has 0 aliphatic rings. The zero-order valence-electron chi connectivity index (χ0n) is 7.52. The molecule has 0 N–H and O–H groups in total. The van der Waals surface area contributed by atoms with Gasteiger partial charge >= 0.3 is 0 Å². The summed E-state index contributed by atoms with van der Waals surface area (Å²) in [6, 6.07) is 0. The monoisotopic (exact) mass is 206 g/mol. The van der Waals surface area contributed by atoms with Crippen LogP contribution in [0.3, 0.4) is 0 Å². The van der Waals surface area contributed by atoms with Crippen LogP contribution >= 0.6 is 15.9 Å². The maximum atomic E-state index is 3.49. The van der Waals surface area contributed by atoms with Gasteiger partial charge in [-0.15, -0.1) is 0 Å². The number of halogens is 1. The molecular weight excluding hydrogens is 188 g/mol. The summed E-state index contributed by atoms with van der Waals surface area (Å²) in [5.41, 5.74) is 0. The fourth-order valence-electron chi connectivity index (χ4n) is 0.970. The van der Waals surface area contributed by atoms with Crippen molar-refractivity contribution in [2.24, 2.45) is 17.8 Å². The Hall–Kier alpha value is 0.480. The quantitative estimate of drug-likeness (QED) is 0.616. The summed E-state index contributed by atoms with van der Waals surface area (Å²) < 4.78 is 0. The van der Waals surface area contributed by atoms with E-state index >= 15 is 0 Å². The van der Waals surface area contributed by atoms with E-state index in [4.69, 9.17) is 0 Å². The fraction of sp³-hybridized carbons (Fsp3) is 1.00. The van der Waals surface area contributed by atoms with Crippen LogP contribution in [-0.2, 0) is 0 Å². The van der Waals surface area contributed by atoms with Crippen LogP contribution in [0.25, 0.3) is 0 Å². The van der Waals surface area contributed by atoms with Gasteiger partial charge in [0, 0.05) is 5.33 Å². The minimum atomic E-state index is 0.831. The van der Waals surface area contributed by atoms with Crippen molar-refractivity contribution < 1.29 is 0 Å². The zero-order chi connectivity index (χ0) is 8.15. The summed E-state index contributed by atoms with van der Waals surface area (Å²) in [6.07, 6.45) is 1.35. The van der Waals surface area contributed by atoms with Crippen LogP contribution < -0.4 is 0 Å². The van der Waals surface area contributed by atoms with Gasteiger partial charge in [0.25, 0.3) is 0 Å². The summed E-state index contributed by atoms with van der Waals surface area (Å²) >= 11 is 3.49. The van der Waals surface area contributed by atoms with Crippen molar-refractivity contribution in [2.45, 2.75) is 34.1 Å². The number of hydrogen-bond donors (Lipinski definition) is 0. The molecule has 0 aromatic heterocycles. The van der Waals surface area contributed by atoms with E-state index in [2.05, 4.69) is 43.6 Å². The first-order valence-electron chi connectivity index (χ1n) is 4.13. The predicted octanol–water partition coefficient (Wildman–Crippen LogP) is 3.70. The van der Waals surface area contributed by atoms with Crippen molar-refractivity contribution in [3.05, 3.63) is 0 Å². The molecule has 0 fully saturated rings. The van der Waals surface area contributed by atoms with Gasteiger partial charge in [-0.2, -0.15) is 0 Å². The van der Waals surface area contributed by atoms with E-state index in [0.717, 1.165) is 23.1 Å². The van der Waals surface area contributed by atoms with Crippen molar-refractivity contribution in [2.75, 3.05) is 5.33 Å². The van der Waals surface area contributed by atoms with E-state index < -0.39 is 0 Å². The highest BCUT2D eigenvalue weighted by Crippen LogP contribution is 2.20. The second-order valence-corrected chi connectivity index (χ2v) is 4.36. The molecule has 0 aliphatic carbocycles. The Bertz CT molecular complexity index is 78.8. The second-order valence-electron chi connectivity index (χ2n) is 3.72. The predicted molar refractivity (Wildman–Crippen MR) is 51.6 cm³/mol. The lowest BCUT2D eigenvalue weighted by atomic mass is 9.89. The van der Waals surface area contributed by atoms with E-state index in [1.54, 1.807) is 0 Å². The largest absolute Gasteiger partial charge is 0.0925 e. The molecule has 2 atom stereocenters. The van der Waals surface area contributed by atoms with Crippen LogP contribution in [0.1, 0.15) is 34.1 Å². The van der Waals surface area contributed by atoms with Crippen LogP contribution in [0.4, 0.5) is 0 Å². The van der Waals surface area contributed by atoms with Crippen LogP contribution in [0.5, 0.6) is 0 Å². The minimum Gasteiger partial charge on any atom is -0.0925 e. The van der Waals surface area contributed by atoms with Gasteiger partial charge in [-0.1, -0.05) is 43.6 Å². The fourth-order valence-corrected chi connectivity index (χ4v) is 1.23. The molecule has 1 heteroatoms. The van der Waals surface area contributed by atoms with E-state index in [1.807, 2.05) is 0 Å². The Balaban J connectivity index is 3.46. The summed E-state index contributed by atoms with van der Waals surface area (Å²) in [5.74, 6) is 2.53. The van der Waals surface area contributed by atoms with Gasteiger partial charge in [0.2, 0.25) is 0 Å². The number of rotatable bonds is 4. The van der Waals surface area contributed by atoms with Crippen LogP contribution in [-0.4, -0.2) is 5.33 Å². The second kappa shape index (κ2) is 5.17. The van der Waals surface area contributed by atoms with Crippen LogP contribution in [0, 0.1) is 17.8 Å². The molecule has 0 bridgehead atoms. The highest BCUT2D eigenvalue weighted by atomic mass is 79.9. The average Bonchev–Trinajstić information content (AvgIpc) is 1.87. The average molecular weight is 207 g/mol. The van der Waals surface area contributed by atoms with Crippen molar-refractivity contribution in [1.82, 2.24) is 0 Å². The Kier molecular flexibility index (Phi) is 5.42.